The standard InChI is InChI=1S/C15H24N2O3S/c1-10-7-8-17(9-14(10)20-4)21(18,19)15-11(2)5-6-13(16)12(15)3/h5-6,10,14H,7-9,16H2,1-4H3. The normalized spacial score (nSPS) is 24.2. The van der Waals surface area contributed by atoms with Crippen molar-refractivity contribution >= 4 is 15.7 Å². The van der Waals surface area contributed by atoms with Crippen LogP contribution in [0.4, 0.5) is 5.69 Å². The number of methoxy groups -OCH3 is 1. The third-order valence-corrected chi connectivity index (χ3v) is 6.55. The lowest BCUT2D eigenvalue weighted by molar-refractivity contribution is 0.0183. The smallest absolute Gasteiger partial charge is 0.243 e. The van der Waals surface area contributed by atoms with Gasteiger partial charge in [0.05, 0.1) is 11.0 Å². The Balaban J connectivity index is 2.42. The minimum absolute atomic E-state index is 0.0600. The Morgan fingerprint density at radius 2 is 2.00 bits per heavy atom. The third kappa shape index (κ3) is 2.93. The van der Waals surface area contributed by atoms with Crippen LogP contribution in [0.2, 0.25) is 0 Å². The van der Waals surface area contributed by atoms with E-state index in [0.717, 1.165) is 12.0 Å². The van der Waals surface area contributed by atoms with Crippen molar-refractivity contribution in [3.63, 3.8) is 0 Å². The summed E-state index contributed by atoms with van der Waals surface area (Å²) in [7, 11) is -1.91. The molecule has 118 valence electrons. The molecular formula is C15H24N2O3S. The van der Waals surface area contributed by atoms with Gasteiger partial charge in [0.2, 0.25) is 10.0 Å². The van der Waals surface area contributed by atoms with Crippen molar-refractivity contribution in [2.45, 2.75) is 38.2 Å². The summed E-state index contributed by atoms with van der Waals surface area (Å²) in [5, 5.41) is 0. The van der Waals surface area contributed by atoms with E-state index in [9.17, 15) is 8.42 Å². The van der Waals surface area contributed by atoms with Crippen molar-refractivity contribution in [3.05, 3.63) is 23.3 Å². The number of hydrogen-bond acceptors (Lipinski definition) is 4. The summed E-state index contributed by atoms with van der Waals surface area (Å²) in [6, 6.07) is 3.51. The monoisotopic (exact) mass is 312 g/mol. The van der Waals surface area contributed by atoms with Gasteiger partial charge in [-0.15, -0.1) is 0 Å². The number of anilines is 1. The summed E-state index contributed by atoms with van der Waals surface area (Å²) < 4.78 is 32.9. The molecule has 0 aromatic heterocycles. The molecule has 1 heterocycles. The minimum atomic E-state index is -3.54. The van der Waals surface area contributed by atoms with Gasteiger partial charge in [0.1, 0.15) is 0 Å². The second-order valence-corrected chi connectivity index (χ2v) is 7.70. The Labute approximate surface area is 127 Å². The summed E-state index contributed by atoms with van der Waals surface area (Å²) in [6.45, 7) is 6.58. The van der Waals surface area contributed by atoms with E-state index in [1.54, 1.807) is 33.1 Å². The predicted octanol–water partition coefficient (Wildman–Crippen LogP) is 1.93. The van der Waals surface area contributed by atoms with Crippen LogP contribution in [0.15, 0.2) is 17.0 Å². The molecule has 5 nitrogen and oxygen atoms in total. The zero-order chi connectivity index (χ0) is 15.8. The van der Waals surface area contributed by atoms with Crippen LogP contribution in [0.25, 0.3) is 0 Å². The number of rotatable bonds is 3. The first-order valence-corrected chi connectivity index (χ1v) is 8.61. The number of benzene rings is 1. The van der Waals surface area contributed by atoms with Crippen LogP contribution in [0.5, 0.6) is 0 Å². The average molecular weight is 312 g/mol. The molecule has 0 spiro atoms. The van der Waals surface area contributed by atoms with E-state index in [1.807, 2.05) is 0 Å². The second kappa shape index (κ2) is 5.94. The van der Waals surface area contributed by atoms with Gasteiger partial charge >= 0.3 is 0 Å². The van der Waals surface area contributed by atoms with Gasteiger partial charge < -0.3 is 10.5 Å². The largest absolute Gasteiger partial charge is 0.398 e. The van der Waals surface area contributed by atoms with Crippen LogP contribution in [0.3, 0.4) is 0 Å². The van der Waals surface area contributed by atoms with Crippen LogP contribution in [-0.4, -0.2) is 39.0 Å². The zero-order valence-electron chi connectivity index (χ0n) is 13.1. The van der Waals surface area contributed by atoms with E-state index >= 15 is 0 Å². The van der Waals surface area contributed by atoms with Crippen molar-refractivity contribution in [1.29, 1.82) is 0 Å². The maximum Gasteiger partial charge on any atom is 0.243 e. The highest BCUT2D eigenvalue weighted by molar-refractivity contribution is 7.89. The molecular weight excluding hydrogens is 288 g/mol. The lowest BCUT2D eigenvalue weighted by Gasteiger charge is -2.35. The van der Waals surface area contributed by atoms with E-state index in [4.69, 9.17) is 10.5 Å². The molecule has 1 aliphatic rings. The summed E-state index contributed by atoms with van der Waals surface area (Å²) >= 11 is 0. The van der Waals surface area contributed by atoms with Crippen molar-refractivity contribution in [2.75, 3.05) is 25.9 Å². The molecule has 1 fully saturated rings. The molecule has 1 aromatic rings. The van der Waals surface area contributed by atoms with Crippen LogP contribution in [-0.2, 0) is 14.8 Å². The van der Waals surface area contributed by atoms with E-state index in [1.165, 1.54) is 4.31 Å². The molecule has 0 amide bonds. The highest BCUT2D eigenvalue weighted by Crippen LogP contribution is 2.30. The molecule has 2 rings (SSSR count). The quantitative estimate of drug-likeness (QED) is 0.866. The average Bonchev–Trinajstić information content (AvgIpc) is 2.43. The molecule has 21 heavy (non-hydrogen) atoms. The molecule has 2 unspecified atom stereocenters. The Morgan fingerprint density at radius 1 is 1.33 bits per heavy atom. The number of hydrogen-bond donors (Lipinski definition) is 1. The number of piperidine rings is 1. The molecule has 0 saturated carbocycles. The van der Waals surface area contributed by atoms with Crippen molar-refractivity contribution in [1.82, 2.24) is 4.31 Å². The SMILES string of the molecule is COC1CN(S(=O)(=O)c2c(C)ccc(N)c2C)CCC1C. The molecule has 1 aromatic carbocycles. The van der Waals surface area contributed by atoms with Crippen molar-refractivity contribution in [2.24, 2.45) is 5.92 Å². The Morgan fingerprint density at radius 3 is 2.62 bits per heavy atom. The molecule has 2 N–H and O–H groups in total. The van der Waals surface area contributed by atoms with Crippen LogP contribution >= 0.6 is 0 Å². The Hall–Kier alpha value is -1.11. The fourth-order valence-corrected chi connectivity index (χ4v) is 4.83. The minimum Gasteiger partial charge on any atom is -0.398 e. The molecule has 0 bridgehead atoms. The molecule has 2 atom stereocenters. The first kappa shape index (κ1) is 16.3. The number of nitrogens with zero attached hydrogens (tertiary/aromatic N) is 1. The third-order valence-electron chi connectivity index (χ3n) is 4.40. The van der Waals surface area contributed by atoms with E-state index < -0.39 is 10.0 Å². The van der Waals surface area contributed by atoms with E-state index in [2.05, 4.69) is 6.92 Å². The Kier molecular flexibility index (Phi) is 4.60. The zero-order valence-corrected chi connectivity index (χ0v) is 13.9. The molecule has 6 heteroatoms. The van der Waals surface area contributed by atoms with Gasteiger partial charge in [-0.05, 0) is 43.4 Å². The topological polar surface area (TPSA) is 72.6 Å². The van der Waals surface area contributed by atoms with Crippen LogP contribution < -0.4 is 5.73 Å². The van der Waals surface area contributed by atoms with Gasteiger partial charge in [0.25, 0.3) is 0 Å². The van der Waals surface area contributed by atoms with Crippen LogP contribution in [0, 0.1) is 19.8 Å². The highest BCUT2D eigenvalue weighted by atomic mass is 32.2. The number of ether oxygens (including phenoxy) is 1. The number of sulfonamides is 1. The maximum atomic E-state index is 13.0. The van der Waals surface area contributed by atoms with Gasteiger partial charge in [0, 0.05) is 25.9 Å². The summed E-state index contributed by atoms with van der Waals surface area (Å²) in [6.07, 6.45) is 0.744. The number of nitrogen functional groups attached to an aromatic ring is 1. The second-order valence-electron chi connectivity index (χ2n) is 5.83. The highest BCUT2D eigenvalue weighted by Gasteiger charge is 2.35. The van der Waals surface area contributed by atoms with Gasteiger partial charge in [-0.25, -0.2) is 8.42 Å². The molecule has 0 aliphatic carbocycles. The van der Waals surface area contributed by atoms with Crippen LogP contribution in [0.1, 0.15) is 24.5 Å². The van der Waals surface area contributed by atoms with Crippen molar-refractivity contribution < 1.29 is 13.2 Å². The van der Waals surface area contributed by atoms with Gasteiger partial charge in [0.15, 0.2) is 0 Å². The van der Waals surface area contributed by atoms with Gasteiger partial charge in [-0.3, -0.25) is 0 Å². The first-order chi connectivity index (χ1) is 9.78. The number of nitrogens with two attached hydrogens (primary N) is 1. The fraction of sp³-hybridized carbons (Fsp3) is 0.600. The maximum absolute atomic E-state index is 13.0. The summed E-state index contributed by atoms with van der Waals surface area (Å²) in [5.74, 6) is 0.365. The van der Waals surface area contributed by atoms with E-state index in [-0.39, 0.29) is 6.10 Å². The Bertz CT molecular complexity index is 628. The first-order valence-electron chi connectivity index (χ1n) is 7.17. The van der Waals surface area contributed by atoms with E-state index in [0.29, 0.717) is 35.2 Å². The number of aryl methyl sites for hydroxylation is 1. The molecule has 1 saturated heterocycles. The summed E-state index contributed by atoms with van der Waals surface area (Å²) in [4.78, 5) is 0.340. The predicted molar refractivity (Wildman–Crippen MR) is 83.7 cm³/mol. The molecule has 1 aliphatic heterocycles. The lowest BCUT2D eigenvalue weighted by atomic mass is 9.97. The summed E-state index contributed by atoms with van der Waals surface area (Å²) in [5.41, 5.74) is 7.75. The lowest BCUT2D eigenvalue weighted by Crippen LogP contribution is -2.46. The molecule has 0 radical (unpaired) electrons. The van der Waals surface area contributed by atoms with Crippen molar-refractivity contribution in [3.8, 4) is 0 Å². The van der Waals surface area contributed by atoms with Gasteiger partial charge in [-0.1, -0.05) is 13.0 Å². The van der Waals surface area contributed by atoms with Gasteiger partial charge in [-0.2, -0.15) is 4.31 Å². The fourth-order valence-electron chi connectivity index (χ4n) is 2.90.